The molecule has 2 rings (SSSR count). The number of benzene rings is 2. The fourth-order valence-electron chi connectivity index (χ4n) is 2.15. The molecule has 1 unspecified atom stereocenters. The minimum atomic E-state index is -0.462. The van der Waals surface area contributed by atoms with Crippen molar-refractivity contribution in [2.24, 2.45) is 5.73 Å². The van der Waals surface area contributed by atoms with Crippen molar-refractivity contribution in [1.29, 1.82) is 0 Å². The molecular formula is C17H18FNO2. The van der Waals surface area contributed by atoms with E-state index < -0.39 is 6.04 Å². The van der Waals surface area contributed by atoms with Crippen molar-refractivity contribution in [2.75, 3.05) is 6.61 Å². The van der Waals surface area contributed by atoms with Gasteiger partial charge in [-0.2, -0.15) is 0 Å². The summed E-state index contributed by atoms with van der Waals surface area (Å²) in [5.41, 5.74) is 8.05. The van der Waals surface area contributed by atoms with Crippen LogP contribution in [0.15, 0.2) is 48.5 Å². The van der Waals surface area contributed by atoms with E-state index in [4.69, 9.17) is 10.5 Å². The number of nitrogens with two attached hydrogens (primary N) is 1. The van der Waals surface area contributed by atoms with Crippen LogP contribution in [0.3, 0.4) is 0 Å². The van der Waals surface area contributed by atoms with E-state index in [9.17, 15) is 9.18 Å². The van der Waals surface area contributed by atoms with Gasteiger partial charge < -0.3 is 10.5 Å². The summed E-state index contributed by atoms with van der Waals surface area (Å²) in [6.45, 7) is 2.09. The Labute approximate surface area is 123 Å². The van der Waals surface area contributed by atoms with Crippen molar-refractivity contribution < 1.29 is 13.9 Å². The number of hydrogen-bond donors (Lipinski definition) is 1. The van der Waals surface area contributed by atoms with E-state index in [1.807, 2.05) is 24.3 Å². The van der Waals surface area contributed by atoms with Crippen LogP contribution >= 0.6 is 0 Å². The summed E-state index contributed by atoms with van der Waals surface area (Å²) in [4.78, 5) is 11.5. The fraction of sp³-hybridized carbons (Fsp3) is 0.235. The van der Waals surface area contributed by atoms with Gasteiger partial charge in [0.1, 0.15) is 5.82 Å². The first-order chi connectivity index (χ1) is 10.1. The van der Waals surface area contributed by atoms with Gasteiger partial charge in [-0.3, -0.25) is 4.79 Å². The zero-order valence-electron chi connectivity index (χ0n) is 11.9. The van der Waals surface area contributed by atoms with Gasteiger partial charge >= 0.3 is 5.97 Å². The number of ether oxygens (including phenoxy) is 1. The van der Waals surface area contributed by atoms with Crippen LogP contribution in [0.4, 0.5) is 4.39 Å². The first-order valence-electron chi connectivity index (χ1n) is 6.88. The maximum atomic E-state index is 13.8. The predicted molar refractivity (Wildman–Crippen MR) is 80.0 cm³/mol. The summed E-state index contributed by atoms with van der Waals surface area (Å²) in [5.74, 6) is -0.616. The lowest BCUT2D eigenvalue weighted by atomic mass is 9.98. The standard InChI is InChI=1S/C17H18FNO2/c1-2-21-17(20)11-16(19)13-7-5-6-12(10-13)14-8-3-4-9-15(14)18/h3-10,16H,2,11,19H2,1H3. The Balaban J connectivity index is 2.22. The number of carbonyl (C=O) groups excluding carboxylic acids is 1. The molecule has 1 atom stereocenters. The molecule has 0 aliphatic carbocycles. The Hall–Kier alpha value is -2.20. The van der Waals surface area contributed by atoms with Crippen LogP contribution < -0.4 is 5.73 Å². The highest BCUT2D eigenvalue weighted by Gasteiger charge is 2.13. The van der Waals surface area contributed by atoms with Crippen molar-refractivity contribution >= 4 is 5.97 Å². The van der Waals surface area contributed by atoms with Gasteiger partial charge in [0.05, 0.1) is 13.0 Å². The van der Waals surface area contributed by atoms with E-state index in [0.717, 1.165) is 11.1 Å². The van der Waals surface area contributed by atoms with E-state index in [2.05, 4.69) is 0 Å². The second kappa shape index (κ2) is 6.99. The first-order valence-corrected chi connectivity index (χ1v) is 6.88. The lowest BCUT2D eigenvalue weighted by Gasteiger charge is -2.13. The van der Waals surface area contributed by atoms with Crippen LogP contribution in [-0.2, 0) is 9.53 Å². The summed E-state index contributed by atoms with van der Waals surface area (Å²) in [6, 6.07) is 13.4. The Bertz CT molecular complexity index is 628. The second-order valence-electron chi connectivity index (χ2n) is 4.72. The molecule has 0 amide bonds. The van der Waals surface area contributed by atoms with Gasteiger partial charge in [-0.05, 0) is 30.2 Å². The fourth-order valence-corrected chi connectivity index (χ4v) is 2.15. The minimum Gasteiger partial charge on any atom is -0.466 e. The third-order valence-corrected chi connectivity index (χ3v) is 3.19. The van der Waals surface area contributed by atoms with Crippen molar-refractivity contribution in [1.82, 2.24) is 0 Å². The Kier molecular flexibility index (Phi) is 5.06. The zero-order valence-corrected chi connectivity index (χ0v) is 11.9. The van der Waals surface area contributed by atoms with Gasteiger partial charge in [0.25, 0.3) is 0 Å². The van der Waals surface area contributed by atoms with Crippen LogP contribution in [-0.4, -0.2) is 12.6 Å². The summed E-state index contributed by atoms with van der Waals surface area (Å²) in [6.07, 6.45) is 0.106. The number of hydrogen-bond acceptors (Lipinski definition) is 3. The van der Waals surface area contributed by atoms with Gasteiger partial charge in [0.15, 0.2) is 0 Å². The number of halogens is 1. The van der Waals surface area contributed by atoms with E-state index >= 15 is 0 Å². The lowest BCUT2D eigenvalue weighted by molar-refractivity contribution is -0.143. The number of carbonyl (C=O) groups is 1. The van der Waals surface area contributed by atoms with Crippen LogP contribution in [0, 0.1) is 5.82 Å². The van der Waals surface area contributed by atoms with Crippen molar-refractivity contribution in [3.63, 3.8) is 0 Å². The normalized spacial score (nSPS) is 12.0. The smallest absolute Gasteiger partial charge is 0.307 e. The molecule has 0 bridgehead atoms. The summed E-state index contributed by atoms with van der Waals surface area (Å²) >= 11 is 0. The maximum absolute atomic E-state index is 13.8. The average Bonchev–Trinajstić information content (AvgIpc) is 2.48. The second-order valence-corrected chi connectivity index (χ2v) is 4.72. The van der Waals surface area contributed by atoms with Gasteiger partial charge in [0.2, 0.25) is 0 Å². The molecule has 0 saturated carbocycles. The molecule has 0 aliphatic rings. The van der Waals surface area contributed by atoms with Crippen LogP contribution in [0.25, 0.3) is 11.1 Å². The van der Waals surface area contributed by atoms with E-state index in [0.29, 0.717) is 12.2 Å². The Morgan fingerprint density at radius 2 is 2.00 bits per heavy atom. The molecule has 2 aromatic carbocycles. The quantitative estimate of drug-likeness (QED) is 0.857. The molecule has 0 fully saturated rings. The SMILES string of the molecule is CCOC(=O)CC(N)c1cccc(-c2ccccc2F)c1. The predicted octanol–water partition coefficient (Wildman–Crippen LogP) is 3.45. The molecule has 3 nitrogen and oxygen atoms in total. The van der Waals surface area contributed by atoms with Crippen LogP contribution in [0.5, 0.6) is 0 Å². The van der Waals surface area contributed by atoms with Gasteiger partial charge in [-0.25, -0.2) is 4.39 Å². The Morgan fingerprint density at radius 1 is 1.24 bits per heavy atom. The summed E-state index contributed by atoms with van der Waals surface area (Å²) in [5, 5.41) is 0. The first kappa shape index (κ1) is 15.2. The highest BCUT2D eigenvalue weighted by atomic mass is 19.1. The molecule has 21 heavy (non-hydrogen) atoms. The largest absolute Gasteiger partial charge is 0.466 e. The summed E-state index contributed by atoms with van der Waals surface area (Å²) in [7, 11) is 0. The molecular weight excluding hydrogens is 269 g/mol. The van der Waals surface area contributed by atoms with Crippen LogP contribution in [0.2, 0.25) is 0 Å². The topological polar surface area (TPSA) is 52.3 Å². The maximum Gasteiger partial charge on any atom is 0.307 e. The van der Waals surface area contributed by atoms with E-state index in [1.165, 1.54) is 6.07 Å². The van der Waals surface area contributed by atoms with Crippen molar-refractivity contribution in [2.45, 2.75) is 19.4 Å². The monoisotopic (exact) mass is 287 g/mol. The van der Waals surface area contributed by atoms with Gasteiger partial charge in [-0.1, -0.05) is 36.4 Å². The van der Waals surface area contributed by atoms with Crippen LogP contribution in [0.1, 0.15) is 24.9 Å². The molecule has 0 radical (unpaired) electrons. The molecule has 2 aromatic rings. The van der Waals surface area contributed by atoms with E-state index in [1.54, 1.807) is 25.1 Å². The molecule has 4 heteroatoms. The molecule has 110 valence electrons. The molecule has 2 N–H and O–H groups in total. The minimum absolute atomic E-state index is 0.106. The molecule has 0 saturated heterocycles. The lowest BCUT2D eigenvalue weighted by Crippen LogP contribution is -2.17. The van der Waals surface area contributed by atoms with Gasteiger partial charge in [0, 0.05) is 11.6 Å². The van der Waals surface area contributed by atoms with E-state index in [-0.39, 0.29) is 18.2 Å². The molecule has 0 heterocycles. The molecule has 0 spiro atoms. The highest BCUT2D eigenvalue weighted by Crippen LogP contribution is 2.25. The van der Waals surface area contributed by atoms with Crippen molar-refractivity contribution in [3.05, 3.63) is 59.9 Å². The third-order valence-electron chi connectivity index (χ3n) is 3.19. The molecule has 0 aliphatic heterocycles. The zero-order chi connectivity index (χ0) is 15.2. The molecule has 0 aromatic heterocycles. The average molecular weight is 287 g/mol. The number of rotatable bonds is 5. The third kappa shape index (κ3) is 3.89. The summed E-state index contributed by atoms with van der Waals surface area (Å²) < 4.78 is 18.7. The van der Waals surface area contributed by atoms with Crippen molar-refractivity contribution in [3.8, 4) is 11.1 Å². The van der Waals surface area contributed by atoms with Gasteiger partial charge in [-0.15, -0.1) is 0 Å². The highest BCUT2D eigenvalue weighted by molar-refractivity contribution is 5.71. The number of esters is 1. The Morgan fingerprint density at radius 3 is 2.71 bits per heavy atom.